The average molecular weight is 295 g/mol. The van der Waals surface area contributed by atoms with Crippen molar-refractivity contribution in [3.05, 3.63) is 0 Å². The lowest BCUT2D eigenvalue weighted by atomic mass is 9.76. The lowest BCUT2D eigenvalue weighted by molar-refractivity contribution is -0.101. The van der Waals surface area contributed by atoms with Gasteiger partial charge in [0.1, 0.15) is 0 Å². The zero-order valence-corrected chi connectivity index (χ0v) is 13.9. The van der Waals surface area contributed by atoms with Gasteiger partial charge in [-0.25, -0.2) is 0 Å². The fourth-order valence-electron chi connectivity index (χ4n) is 4.87. The van der Waals surface area contributed by atoms with Crippen molar-refractivity contribution in [3.8, 4) is 0 Å². The molecule has 3 aliphatic rings. The van der Waals surface area contributed by atoms with E-state index in [1.807, 2.05) is 0 Å². The molecule has 2 heterocycles. The Kier molecular flexibility index (Phi) is 5.23. The minimum Gasteiger partial charge on any atom is -0.378 e. The Hall–Kier alpha value is -0.120. The topological polar surface area (TPSA) is 30.5 Å². The van der Waals surface area contributed by atoms with Crippen LogP contribution in [0.15, 0.2) is 0 Å². The molecule has 1 saturated carbocycles. The molecule has 3 heteroatoms. The number of hydrogen-bond acceptors (Lipinski definition) is 3. The molecule has 3 nitrogen and oxygen atoms in total. The molecular formula is C18H33NO2. The van der Waals surface area contributed by atoms with Gasteiger partial charge in [-0.2, -0.15) is 0 Å². The van der Waals surface area contributed by atoms with Crippen LogP contribution in [0.25, 0.3) is 0 Å². The van der Waals surface area contributed by atoms with Crippen LogP contribution in [0.1, 0.15) is 65.2 Å². The van der Waals surface area contributed by atoms with Gasteiger partial charge in [0.05, 0.1) is 18.3 Å². The predicted octanol–water partition coefficient (Wildman–Crippen LogP) is 3.52. The number of ether oxygens (including phenoxy) is 2. The Morgan fingerprint density at radius 1 is 1.24 bits per heavy atom. The second-order valence-corrected chi connectivity index (χ2v) is 7.61. The molecule has 1 N–H and O–H groups in total. The van der Waals surface area contributed by atoms with E-state index in [4.69, 9.17) is 9.47 Å². The fourth-order valence-corrected chi connectivity index (χ4v) is 4.87. The third kappa shape index (κ3) is 3.62. The molecule has 2 saturated heterocycles. The van der Waals surface area contributed by atoms with Crippen LogP contribution in [0.3, 0.4) is 0 Å². The molecule has 4 unspecified atom stereocenters. The first-order valence-corrected chi connectivity index (χ1v) is 9.21. The Bertz CT molecular complexity index is 327. The Morgan fingerprint density at radius 3 is 2.71 bits per heavy atom. The van der Waals surface area contributed by atoms with Gasteiger partial charge in [-0.1, -0.05) is 19.8 Å². The highest BCUT2D eigenvalue weighted by Crippen LogP contribution is 2.44. The minimum absolute atomic E-state index is 0.236. The van der Waals surface area contributed by atoms with Crippen molar-refractivity contribution in [3.63, 3.8) is 0 Å². The van der Waals surface area contributed by atoms with Crippen LogP contribution in [0.2, 0.25) is 0 Å². The van der Waals surface area contributed by atoms with Gasteiger partial charge in [0.15, 0.2) is 0 Å². The summed E-state index contributed by atoms with van der Waals surface area (Å²) in [5.74, 6) is 1.48. The molecule has 0 aromatic rings. The maximum Gasteiger partial charge on any atom is 0.0685 e. The summed E-state index contributed by atoms with van der Waals surface area (Å²) in [6.45, 7) is 7.55. The largest absolute Gasteiger partial charge is 0.378 e. The van der Waals surface area contributed by atoms with E-state index in [0.29, 0.717) is 18.1 Å². The van der Waals surface area contributed by atoms with Gasteiger partial charge in [-0.15, -0.1) is 0 Å². The molecule has 0 aromatic carbocycles. The highest BCUT2D eigenvalue weighted by Gasteiger charge is 2.44. The highest BCUT2D eigenvalue weighted by atomic mass is 16.5. The second kappa shape index (κ2) is 6.97. The lowest BCUT2D eigenvalue weighted by Crippen LogP contribution is -2.49. The van der Waals surface area contributed by atoms with Crippen molar-refractivity contribution >= 4 is 0 Å². The molecule has 3 rings (SSSR count). The van der Waals surface area contributed by atoms with Crippen LogP contribution in [0, 0.1) is 11.8 Å². The molecule has 0 bridgehead atoms. The van der Waals surface area contributed by atoms with Gasteiger partial charge >= 0.3 is 0 Å². The van der Waals surface area contributed by atoms with Crippen LogP contribution in [-0.2, 0) is 9.47 Å². The van der Waals surface area contributed by atoms with E-state index in [0.717, 1.165) is 25.7 Å². The van der Waals surface area contributed by atoms with Crippen LogP contribution >= 0.6 is 0 Å². The zero-order chi connectivity index (χ0) is 14.7. The fraction of sp³-hybridized carbons (Fsp3) is 1.00. The Labute approximate surface area is 130 Å². The third-order valence-electron chi connectivity index (χ3n) is 5.92. The number of rotatable bonds is 5. The minimum atomic E-state index is 0.236. The first kappa shape index (κ1) is 15.8. The van der Waals surface area contributed by atoms with E-state index in [1.54, 1.807) is 0 Å². The van der Waals surface area contributed by atoms with E-state index in [-0.39, 0.29) is 5.60 Å². The summed E-state index contributed by atoms with van der Waals surface area (Å²) in [6, 6.07) is 0.635. The SMILES string of the molecule is CCCNC(C1COC(C)C1)C1CCOC2(CCCC2)C1. The standard InChI is InChI=1S/C18H33NO2/c1-3-9-19-17(16-11-14(2)20-13-16)15-6-10-21-18(12-15)7-4-5-8-18/h14-17,19H,3-13H2,1-2H3. The predicted molar refractivity (Wildman–Crippen MR) is 85.5 cm³/mol. The van der Waals surface area contributed by atoms with Gasteiger partial charge < -0.3 is 14.8 Å². The van der Waals surface area contributed by atoms with Crippen molar-refractivity contribution in [2.75, 3.05) is 19.8 Å². The number of hydrogen-bond donors (Lipinski definition) is 1. The van der Waals surface area contributed by atoms with Gasteiger partial charge in [0.25, 0.3) is 0 Å². The number of nitrogens with one attached hydrogen (secondary N) is 1. The molecular weight excluding hydrogens is 262 g/mol. The Morgan fingerprint density at radius 2 is 2.05 bits per heavy atom. The molecule has 0 amide bonds. The normalized spacial score (nSPS) is 37.1. The smallest absolute Gasteiger partial charge is 0.0685 e. The maximum absolute atomic E-state index is 6.24. The van der Waals surface area contributed by atoms with Crippen LogP contribution in [0.5, 0.6) is 0 Å². The van der Waals surface area contributed by atoms with E-state index >= 15 is 0 Å². The molecule has 2 aliphatic heterocycles. The molecule has 3 fully saturated rings. The van der Waals surface area contributed by atoms with Gasteiger partial charge in [0.2, 0.25) is 0 Å². The average Bonchev–Trinajstić information content (AvgIpc) is 3.10. The zero-order valence-electron chi connectivity index (χ0n) is 13.9. The maximum atomic E-state index is 6.24. The first-order chi connectivity index (χ1) is 10.2. The molecule has 1 spiro atoms. The van der Waals surface area contributed by atoms with E-state index in [1.165, 1.54) is 51.4 Å². The lowest BCUT2D eigenvalue weighted by Gasteiger charge is -2.43. The highest BCUT2D eigenvalue weighted by molar-refractivity contribution is 4.96. The van der Waals surface area contributed by atoms with Crippen LogP contribution in [-0.4, -0.2) is 37.5 Å². The summed E-state index contributed by atoms with van der Waals surface area (Å²) in [5, 5.41) is 3.87. The van der Waals surface area contributed by atoms with Crippen molar-refractivity contribution in [1.29, 1.82) is 0 Å². The summed E-state index contributed by atoms with van der Waals surface area (Å²) >= 11 is 0. The molecule has 1 aliphatic carbocycles. The van der Waals surface area contributed by atoms with Gasteiger partial charge in [0, 0.05) is 18.6 Å². The van der Waals surface area contributed by atoms with Crippen LogP contribution < -0.4 is 5.32 Å². The monoisotopic (exact) mass is 295 g/mol. The molecule has 0 radical (unpaired) electrons. The summed E-state index contributed by atoms with van der Waals surface area (Å²) in [5.41, 5.74) is 0.236. The summed E-state index contributed by atoms with van der Waals surface area (Å²) < 4.78 is 12.1. The van der Waals surface area contributed by atoms with Crippen molar-refractivity contribution in [2.45, 2.75) is 83.0 Å². The van der Waals surface area contributed by atoms with Crippen LogP contribution in [0.4, 0.5) is 0 Å². The van der Waals surface area contributed by atoms with Crippen molar-refractivity contribution in [1.82, 2.24) is 5.32 Å². The molecule has 21 heavy (non-hydrogen) atoms. The van der Waals surface area contributed by atoms with Crippen molar-refractivity contribution in [2.24, 2.45) is 11.8 Å². The van der Waals surface area contributed by atoms with E-state index in [2.05, 4.69) is 19.2 Å². The second-order valence-electron chi connectivity index (χ2n) is 7.61. The molecule has 122 valence electrons. The van der Waals surface area contributed by atoms with E-state index < -0.39 is 0 Å². The summed E-state index contributed by atoms with van der Waals surface area (Å²) in [6.07, 6.45) is 10.7. The first-order valence-electron chi connectivity index (χ1n) is 9.21. The third-order valence-corrected chi connectivity index (χ3v) is 5.92. The quantitative estimate of drug-likeness (QED) is 0.842. The summed E-state index contributed by atoms with van der Waals surface area (Å²) in [4.78, 5) is 0. The molecule has 4 atom stereocenters. The van der Waals surface area contributed by atoms with E-state index in [9.17, 15) is 0 Å². The molecule has 0 aromatic heterocycles. The Balaban J connectivity index is 1.66. The van der Waals surface area contributed by atoms with Crippen molar-refractivity contribution < 1.29 is 9.47 Å². The summed E-state index contributed by atoms with van der Waals surface area (Å²) in [7, 11) is 0. The van der Waals surface area contributed by atoms with Gasteiger partial charge in [-0.3, -0.25) is 0 Å². The van der Waals surface area contributed by atoms with Gasteiger partial charge in [-0.05, 0) is 57.9 Å².